The number of carbonyl (C=O) groups excluding carboxylic acids is 2. The van der Waals surface area contributed by atoms with Gasteiger partial charge in [0, 0.05) is 18.9 Å². The Kier molecular flexibility index (Phi) is 14.0. The Morgan fingerprint density at radius 1 is 1.23 bits per heavy atom. The van der Waals surface area contributed by atoms with Crippen molar-refractivity contribution in [2.75, 3.05) is 24.7 Å². The topological polar surface area (TPSA) is 122 Å². The maximum absolute atomic E-state index is 12.6. The van der Waals surface area contributed by atoms with Crippen LogP contribution in [0.2, 0.25) is 0 Å². The van der Waals surface area contributed by atoms with Crippen LogP contribution in [-0.4, -0.2) is 62.1 Å². The van der Waals surface area contributed by atoms with Crippen molar-refractivity contribution >= 4 is 21.7 Å². The molecule has 3 atom stereocenters. The van der Waals surface area contributed by atoms with Gasteiger partial charge in [0.15, 0.2) is 9.84 Å². The van der Waals surface area contributed by atoms with Crippen LogP contribution in [-0.2, 0) is 25.8 Å². The minimum atomic E-state index is -3.42. The molecule has 8 nitrogen and oxygen atoms in total. The maximum atomic E-state index is 12.6. The zero-order chi connectivity index (χ0) is 26.3. The van der Waals surface area contributed by atoms with Crippen molar-refractivity contribution < 1.29 is 27.9 Å². The van der Waals surface area contributed by atoms with Crippen LogP contribution in [0.3, 0.4) is 0 Å². The lowest BCUT2D eigenvalue weighted by atomic mass is 9.93. The predicted octanol–water partition coefficient (Wildman–Crippen LogP) is 2.57. The van der Waals surface area contributed by atoms with E-state index >= 15 is 0 Å². The van der Waals surface area contributed by atoms with Gasteiger partial charge in [0.25, 0.3) is 0 Å². The molecular weight excluding hydrogens is 468 g/mol. The fourth-order valence-corrected chi connectivity index (χ4v) is 4.46. The summed E-state index contributed by atoms with van der Waals surface area (Å²) in [6.45, 7) is 11.7. The number of unbranched alkanes of at least 4 members (excludes halogenated alkanes) is 1. The van der Waals surface area contributed by atoms with Crippen LogP contribution in [0.25, 0.3) is 0 Å². The Labute approximate surface area is 209 Å². The van der Waals surface area contributed by atoms with Gasteiger partial charge in [0.1, 0.15) is 12.4 Å². The molecule has 0 saturated heterocycles. The van der Waals surface area contributed by atoms with E-state index in [1.807, 2.05) is 25.1 Å². The molecule has 196 valence electrons. The second-order valence-corrected chi connectivity index (χ2v) is 10.9. The van der Waals surface area contributed by atoms with Gasteiger partial charge >= 0.3 is 0 Å². The molecule has 0 bridgehead atoms. The molecule has 0 aliphatic heterocycles. The van der Waals surface area contributed by atoms with Crippen molar-refractivity contribution in [3.8, 4) is 5.75 Å². The molecule has 0 aliphatic carbocycles. The summed E-state index contributed by atoms with van der Waals surface area (Å²) < 4.78 is 29.4. The van der Waals surface area contributed by atoms with Crippen molar-refractivity contribution in [3.05, 3.63) is 55.1 Å². The molecule has 1 aromatic rings. The monoisotopic (exact) mass is 508 g/mol. The molecule has 2 amide bonds. The summed E-state index contributed by atoms with van der Waals surface area (Å²) >= 11 is 0. The fraction of sp³-hybridized carbons (Fsp3) is 0.538. The summed E-state index contributed by atoms with van der Waals surface area (Å²) in [5.41, 5.74) is 0.815. The van der Waals surface area contributed by atoms with Crippen molar-refractivity contribution in [2.24, 2.45) is 5.92 Å². The molecule has 0 fully saturated rings. The van der Waals surface area contributed by atoms with Gasteiger partial charge in [-0.2, -0.15) is 0 Å². The molecule has 9 heteroatoms. The zero-order valence-electron chi connectivity index (χ0n) is 20.9. The second kappa shape index (κ2) is 16.1. The molecule has 0 saturated carbocycles. The highest BCUT2D eigenvalue weighted by molar-refractivity contribution is 7.91. The second-order valence-electron chi connectivity index (χ2n) is 8.63. The highest BCUT2D eigenvalue weighted by Crippen LogP contribution is 2.18. The third kappa shape index (κ3) is 12.6. The van der Waals surface area contributed by atoms with Gasteiger partial charge in [0.2, 0.25) is 11.8 Å². The van der Waals surface area contributed by atoms with E-state index in [4.69, 9.17) is 4.74 Å². The molecule has 1 rings (SSSR count). The van der Waals surface area contributed by atoms with Crippen molar-refractivity contribution in [2.45, 2.75) is 58.1 Å². The SMILES string of the molecule is C=CCOc1cccc(C[C@H](NC(=O)CCS(=O)(=O)CC=C)[C@@H](O)C[C@@H](C)C(=O)NCCCC)c1. The average Bonchev–Trinajstić information content (AvgIpc) is 2.81. The summed E-state index contributed by atoms with van der Waals surface area (Å²) in [7, 11) is -3.42. The third-order valence-corrected chi connectivity index (χ3v) is 6.99. The summed E-state index contributed by atoms with van der Waals surface area (Å²) in [4.78, 5) is 24.9. The number of sulfone groups is 1. The van der Waals surface area contributed by atoms with Crippen LogP contribution < -0.4 is 15.4 Å². The summed E-state index contributed by atoms with van der Waals surface area (Å²) in [5, 5.41) is 16.6. The number of aliphatic hydroxyl groups is 1. The van der Waals surface area contributed by atoms with Gasteiger partial charge in [-0.3, -0.25) is 9.59 Å². The fourth-order valence-electron chi connectivity index (χ4n) is 3.44. The van der Waals surface area contributed by atoms with Gasteiger partial charge in [-0.15, -0.1) is 6.58 Å². The molecule has 0 spiro atoms. The first-order chi connectivity index (χ1) is 16.6. The Morgan fingerprint density at radius 2 is 1.97 bits per heavy atom. The molecule has 0 heterocycles. The van der Waals surface area contributed by atoms with Crippen LogP contribution in [0.15, 0.2) is 49.6 Å². The number of amides is 2. The Morgan fingerprint density at radius 3 is 2.63 bits per heavy atom. The van der Waals surface area contributed by atoms with Crippen molar-refractivity contribution in [3.63, 3.8) is 0 Å². The smallest absolute Gasteiger partial charge is 0.222 e. The molecule has 0 aliphatic rings. The number of ether oxygens (including phenoxy) is 1. The highest BCUT2D eigenvalue weighted by Gasteiger charge is 2.26. The first-order valence-electron chi connectivity index (χ1n) is 12.0. The Balaban J connectivity index is 2.93. The number of aliphatic hydroxyl groups excluding tert-OH is 1. The minimum Gasteiger partial charge on any atom is -0.490 e. The van der Waals surface area contributed by atoms with Crippen molar-refractivity contribution in [1.29, 1.82) is 0 Å². The standard InChI is InChI=1S/C26H40N2O6S/c1-5-8-13-27-26(31)20(4)17-24(29)23(28-25(30)12-16-35(32,33)15-7-3)19-21-10-9-11-22(18-21)34-14-6-2/h6-7,9-11,18,20,23-24,29H,2-3,5,8,12-17,19H2,1,4H3,(H,27,31)(H,28,30)/t20-,23+,24+/m1/s1. The summed E-state index contributed by atoms with van der Waals surface area (Å²) in [6.07, 6.45) is 3.93. The number of hydrogen-bond acceptors (Lipinski definition) is 6. The van der Waals surface area contributed by atoms with E-state index in [0.29, 0.717) is 18.9 Å². The van der Waals surface area contributed by atoms with Gasteiger partial charge in [-0.1, -0.05) is 51.1 Å². The van der Waals surface area contributed by atoms with E-state index < -0.39 is 33.8 Å². The Bertz CT molecular complexity index is 932. The minimum absolute atomic E-state index is 0.143. The lowest BCUT2D eigenvalue weighted by molar-refractivity contribution is -0.125. The summed E-state index contributed by atoms with van der Waals surface area (Å²) in [5.74, 6) is -0.986. The van der Waals surface area contributed by atoms with Crippen LogP contribution in [0.5, 0.6) is 5.75 Å². The zero-order valence-corrected chi connectivity index (χ0v) is 21.7. The van der Waals surface area contributed by atoms with Crippen LogP contribution >= 0.6 is 0 Å². The van der Waals surface area contributed by atoms with Crippen LogP contribution in [0.4, 0.5) is 0 Å². The van der Waals surface area contributed by atoms with E-state index in [2.05, 4.69) is 23.8 Å². The number of hydrogen-bond donors (Lipinski definition) is 3. The number of nitrogens with one attached hydrogen (secondary N) is 2. The lowest BCUT2D eigenvalue weighted by Gasteiger charge is -2.26. The quantitative estimate of drug-likeness (QED) is 0.207. The normalized spacial score (nSPS) is 13.8. The van der Waals surface area contributed by atoms with Gasteiger partial charge in [-0.05, 0) is 37.0 Å². The van der Waals surface area contributed by atoms with E-state index in [1.165, 1.54) is 6.08 Å². The molecule has 1 aromatic carbocycles. The molecule has 0 unspecified atom stereocenters. The molecule has 35 heavy (non-hydrogen) atoms. The highest BCUT2D eigenvalue weighted by atomic mass is 32.2. The van der Waals surface area contributed by atoms with E-state index in [-0.39, 0.29) is 36.7 Å². The van der Waals surface area contributed by atoms with Gasteiger partial charge in [0.05, 0.1) is 23.7 Å². The van der Waals surface area contributed by atoms with Crippen LogP contribution in [0, 0.1) is 5.92 Å². The predicted molar refractivity (Wildman–Crippen MR) is 139 cm³/mol. The van der Waals surface area contributed by atoms with Crippen molar-refractivity contribution in [1.82, 2.24) is 10.6 Å². The first-order valence-corrected chi connectivity index (χ1v) is 13.8. The van der Waals surface area contributed by atoms with Gasteiger partial charge < -0.3 is 20.5 Å². The molecule has 3 N–H and O–H groups in total. The van der Waals surface area contributed by atoms with E-state index in [1.54, 1.807) is 19.1 Å². The van der Waals surface area contributed by atoms with Crippen LogP contribution in [0.1, 0.15) is 45.1 Å². The summed E-state index contributed by atoms with van der Waals surface area (Å²) in [6, 6.07) is 6.55. The first kappa shape index (κ1) is 30.4. The largest absolute Gasteiger partial charge is 0.490 e. The molecule has 0 radical (unpaired) electrons. The molecular formula is C26H40N2O6S. The molecule has 0 aromatic heterocycles. The number of carbonyl (C=O) groups is 2. The van der Waals surface area contributed by atoms with E-state index in [0.717, 1.165) is 18.4 Å². The Hall–Kier alpha value is -2.65. The van der Waals surface area contributed by atoms with Gasteiger partial charge in [-0.25, -0.2) is 8.42 Å². The maximum Gasteiger partial charge on any atom is 0.222 e. The third-order valence-electron chi connectivity index (χ3n) is 5.42. The van der Waals surface area contributed by atoms with E-state index in [9.17, 15) is 23.1 Å². The lowest BCUT2D eigenvalue weighted by Crippen LogP contribution is -2.46. The average molecular weight is 509 g/mol. The number of rotatable bonds is 18. The number of benzene rings is 1.